The summed E-state index contributed by atoms with van der Waals surface area (Å²) in [6, 6.07) is 7.05. The topological polar surface area (TPSA) is 84.7 Å². The molecule has 0 fully saturated rings. The molecule has 2 aromatic heterocycles. The van der Waals surface area contributed by atoms with Gasteiger partial charge in [-0.2, -0.15) is 0 Å². The Hall–Kier alpha value is -2.95. The first kappa shape index (κ1) is 16.9. The molecule has 1 aromatic carbocycles. The molecular formula is C20H23N3O2. The second-order valence-electron chi connectivity index (χ2n) is 6.25. The van der Waals surface area contributed by atoms with Crippen molar-refractivity contribution >= 4 is 12.2 Å². The molecule has 0 aliphatic rings. The molecule has 0 unspecified atom stereocenters. The van der Waals surface area contributed by atoms with Crippen LogP contribution in [0, 0.1) is 13.8 Å². The maximum atomic E-state index is 12.2. The minimum atomic E-state index is -0.137. The number of nitrogens with one attached hydrogen (secondary N) is 3. The average molecular weight is 337 g/mol. The number of aromatic amines is 3. The van der Waals surface area contributed by atoms with E-state index in [1.165, 1.54) is 11.1 Å². The zero-order valence-electron chi connectivity index (χ0n) is 14.7. The zero-order chi connectivity index (χ0) is 18.0. The number of H-pyrrole nitrogens is 3. The van der Waals surface area contributed by atoms with Crippen LogP contribution in [0.25, 0.3) is 12.2 Å². The summed E-state index contributed by atoms with van der Waals surface area (Å²) in [7, 11) is 0. The number of hydrogen-bond donors (Lipinski definition) is 4. The van der Waals surface area contributed by atoms with Gasteiger partial charge in [0.05, 0.1) is 10.6 Å². The van der Waals surface area contributed by atoms with Crippen molar-refractivity contribution in [3.63, 3.8) is 0 Å². The van der Waals surface area contributed by atoms with Crippen LogP contribution in [0.1, 0.15) is 35.0 Å². The minimum absolute atomic E-state index is 0.137. The van der Waals surface area contributed by atoms with Gasteiger partial charge in [-0.05, 0) is 61.6 Å². The molecule has 5 nitrogen and oxygen atoms in total. The number of benzene rings is 1. The van der Waals surface area contributed by atoms with Gasteiger partial charge in [0.2, 0.25) is 0 Å². The number of phenolic OH excluding ortho intramolecular Hbond substituents is 1. The van der Waals surface area contributed by atoms with Crippen molar-refractivity contribution in [3.05, 3.63) is 73.3 Å². The highest BCUT2D eigenvalue weighted by Gasteiger charge is 2.08. The maximum absolute atomic E-state index is 12.2. The van der Waals surface area contributed by atoms with Crippen molar-refractivity contribution in [2.45, 2.75) is 33.6 Å². The molecule has 0 aliphatic heterocycles. The van der Waals surface area contributed by atoms with Gasteiger partial charge in [0.1, 0.15) is 5.75 Å². The van der Waals surface area contributed by atoms with Crippen molar-refractivity contribution in [2.75, 3.05) is 0 Å². The van der Waals surface area contributed by atoms with Crippen molar-refractivity contribution in [2.24, 2.45) is 0 Å². The molecule has 3 aromatic rings. The lowest BCUT2D eigenvalue weighted by Crippen LogP contribution is -2.33. The average Bonchev–Trinajstić information content (AvgIpc) is 3.07. The molecule has 3 rings (SSSR count). The summed E-state index contributed by atoms with van der Waals surface area (Å²) >= 11 is 0. The molecule has 0 radical (unpaired) electrons. The Morgan fingerprint density at radius 3 is 2.48 bits per heavy atom. The third kappa shape index (κ3) is 3.45. The van der Waals surface area contributed by atoms with Gasteiger partial charge in [-0.1, -0.05) is 25.1 Å². The largest absolute Gasteiger partial charge is 0.508 e. The van der Waals surface area contributed by atoms with E-state index in [4.69, 9.17) is 0 Å². The monoisotopic (exact) mass is 337 g/mol. The molecule has 0 spiro atoms. The fraction of sp³-hybridized carbons (Fsp3) is 0.250. The van der Waals surface area contributed by atoms with Gasteiger partial charge >= 0.3 is 0 Å². The Labute approximate surface area is 145 Å². The minimum Gasteiger partial charge on any atom is -0.508 e. The van der Waals surface area contributed by atoms with Crippen LogP contribution in [0.15, 0.2) is 29.1 Å². The number of aromatic nitrogens is 3. The van der Waals surface area contributed by atoms with Crippen LogP contribution in [0.4, 0.5) is 0 Å². The normalized spacial score (nSPS) is 12.9. The van der Waals surface area contributed by atoms with Gasteiger partial charge in [0, 0.05) is 11.4 Å². The summed E-state index contributed by atoms with van der Waals surface area (Å²) in [5.74, 6) is 0.247. The van der Waals surface area contributed by atoms with Gasteiger partial charge < -0.3 is 10.1 Å². The van der Waals surface area contributed by atoms with E-state index in [2.05, 4.69) is 36.0 Å². The first-order valence-electron chi connectivity index (χ1n) is 8.44. The van der Waals surface area contributed by atoms with E-state index in [1.807, 2.05) is 24.3 Å². The van der Waals surface area contributed by atoms with Gasteiger partial charge in [-0.3, -0.25) is 15.0 Å². The molecule has 0 atom stereocenters. The number of aromatic hydroxyl groups is 1. The first-order valence-corrected chi connectivity index (χ1v) is 8.44. The molecule has 0 amide bonds. The van der Waals surface area contributed by atoms with Crippen LogP contribution in [-0.4, -0.2) is 20.3 Å². The Bertz CT molecular complexity index is 1050. The molecule has 0 bridgehead atoms. The highest BCUT2D eigenvalue weighted by atomic mass is 16.3. The fourth-order valence-corrected chi connectivity index (χ4v) is 3.17. The van der Waals surface area contributed by atoms with Gasteiger partial charge in [-0.25, -0.2) is 0 Å². The Balaban J connectivity index is 2.03. The standard InChI is InChI=1S/C20H23N3O2/c1-4-16-12(2)19(21-13(16)3)11-17-18(22-23-20(17)25)10-7-14-5-8-15(24)9-6-14/h5-6,8-11,21-22,24H,4,7H2,1-3H3,(H,23,25). The fourth-order valence-electron chi connectivity index (χ4n) is 3.17. The Morgan fingerprint density at radius 2 is 1.84 bits per heavy atom. The smallest absolute Gasteiger partial charge is 0.271 e. The summed E-state index contributed by atoms with van der Waals surface area (Å²) in [6.07, 6.45) is 5.50. The van der Waals surface area contributed by atoms with Crippen LogP contribution in [0.5, 0.6) is 5.75 Å². The second-order valence-corrected chi connectivity index (χ2v) is 6.25. The van der Waals surface area contributed by atoms with Crippen molar-refractivity contribution in [1.82, 2.24) is 15.2 Å². The SMILES string of the molecule is CCc1c(C)[nH]c(C=c2c(=O)[nH][nH]c2=CCc2ccc(O)cc2)c1C. The van der Waals surface area contributed by atoms with Crippen LogP contribution in [0.2, 0.25) is 0 Å². The molecule has 25 heavy (non-hydrogen) atoms. The molecule has 0 aliphatic carbocycles. The number of rotatable bonds is 4. The highest BCUT2D eigenvalue weighted by Crippen LogP contribution is 2.18. The summed E-state index contributed by atoms with van der Waals surface area (Å²) in [5.41, 5.74) is 5.53. The Morgan fingerprint density at radius 1 is 1.12 bits per heavy atom. The number of phenols is 1. The summed E-state index contributed by atoms with van der Waals surface area (Å²) in [4.78, 5) is 15.6. The molecule has 0 saturated heterocycles. The van der Waals surface area contributed by atoms with E-state index < -0.39 is 0 Å². The van der Waals surface area contributed by atoms with E-state index in [0.29, 0.717) is 11.6 Å². The lowest BCUT2D eigenvalue weighted by Gasteiger charge is -1.96. The molecule has 0 saturated carbocycles. The van der Waals surface area contributed by atoms with Crippen molar-refractivity contribution in [1.29, 1.82) is 0 Å². The van der Waals surface area contributed by atoms with E-state index in [-0.39, 0.29) is 11.3 Å². The van der Waals surface area contributed by atoms with Crippen LogP contribution in [-0.2, 0) is 12.8 Å². The van der Waals surface area contributed by atoms with Crippen LogP contribution < -0.4 is 16.1 Å². The molecular weight excluding hydrogens is 314 g/mol. The summed E-state index contributed by atoms with van der Waals surface area (Å²) < 4.78 is 0. The van der Waals surface area contributed by atoms with Gasteiger partial charge in [0.15, 0.2) is 0 Å². The lowest BCUT2D eigenvalue weighted by molar-refractivity contribution is 0.475. The van der Waals surface area contributed by atoms with E-state index >= 15 is 0 Å². The van der Waals surface area contributed by atoms with Crippen molar-refractivity contribution in [3.8, 4) is 5.75 Å². The van der Waals surface area contributed by atoms with Crippen LogP contribution >= 0.6 is 0 Å². The van der Waals surface area contributed by atoms with Gasteiger partial charge in [0.25, 0.3) is 5.56 Å². The summed E-state index contributed by atoms with van der Waals surface area (Å²) in [6.45, 7) is 6.27. The zero-order valence-corrected chi connectivity index (χ0v) is 14.7. The predicted octanol–water partition coefficient (Wildman–Crippen LogP) is 1.77. The first-order chi connectivity index (χ1) is 12.0. The maximum Gasteiger partial charge on any atom is 0.271 e. The van der Waals surface area contributed by atoms with Crippen LogP contribution in [0.3, 0.4) is 0 Å². The summed E-state index contributed by atoms with van der Waals surface area (Å²) in [5, 5.41) is 16.3. The predicted molar refractivity (Wildman–Crippen MR) is 100 cm³/mol. The third-order valence-corrected chi connectivity index (χ3v) is 4.60. The number of aryl methyl sites for hydroxylation is 1. The van der Waals surface area contributed by atoms with E-state index in [1.54, 1.807) is 12.1 Å². The quantitative estimate of drug-likeness (QED) is 0.585. The highest BCUT2D eigenvalue weighted by molar-refractivity contribution is 5.54. The lowest BCUT2D eigenvalue weighted by atomic mass is 10.1. The third-order valence-electron chi connectivity index (χ3n) is 4.60. The molecule has 130 valence electrons. The molecule has 5 heteroatoms. The molecule has 2 heterocycles. The molecule has 4 N–H and O–H groups in total. The van der Waals surface area contributed by atoms with Gasteiger partial charge in [-0.15, -0.1) is 0 Å². The van der Waals surface area contributed by atoms with Crippen molar-refractivity contribution < 1.29 is 5.11 Å². The van der Waals surface area contributed by atoms with E-state index in [9.17, 15) is 9.90 Å². The number of hydrogen-bond acceptors (Lipinski definition) is 2. The van der Waals surface area contributed by atoms with E-state index in [0.717, 1.165) is 28.7 Å². The second kappa shape index (κ2) is 6.89. The Kier molecular flexibility index (Phi) is 4.65.